The number of pyridine rings is 1. The van der Waals surface area contributed by atoms with Crippen LogP contribution < -0.4 is 14.8 Å². The summed E-state index contributed by atoms with van der Waals surface area (Å²) in [6, 6.07) is 11.6. The highest BCUT2D eigenvalue weighted by Crippen LogP contribution is 2.19. The molecule has 1 aromatic heterocycles. The molecule has 2 aromatic rings. The topological polar surface area (TPSA) is 80.3 Å². The zero-order valence-corrected chi connectivity index (χ0v) is 14.6. The smallest absolute Gasteiger partial charge is 0.211 e. The summed E-state index contributed by atoms with van der Waals surface area (Å²) in [7, 11) is -3.13. The third-order valence-corrected chi connectivity index (χ3v) is 4.81. The Kier molecular flexibility index (Phi) is 7.17. The number of ether oxygens (including phenoxy) is 1. The summed E-state index contributed by atoms with van der Waals surface area (Å²) in [5, 5.41) is 3.22. The summed E-state index contributed by atoms with van der Waals surface area (Å²) in [6.07, 6.45) is 3.51. The summed E-state index contributed by atoms with van der Waals surface area (Å²) in [5.74, 6) is 0.904. The van der Waals surface area contributed by atoms with Crippen molar-refractivity contribution in [1.29, 1.82) is 0 Å². The van der Waals surface area contributed by atoms with Gasteiger partial charge in [0.2, 0.25) is 10.0 Å². The predicted octanol–water partition coefficient (Wildman–Crippen LogP) is 1.69. The molecule has 7 heteroatoms. The van der Waals surface area contributed by atoms with Crippen LogP contribution in [0.4, 0.5) is 0 Å². The van der Waals surface area contributed by atoms with E-state index >= 15 is 0 Å². The standard InChI is InChI=1S/C17H23N3O3S/c1-2-24(21,22)20-11-10-19-13-16-7-3-4-8-17(16)23-14-15-6-5-9-18-12-15/h3-9,12,19-20H,2,10-11,13-14H2,1H3. The van der Waals surface area contributed by atoms with Crippen LogP contribution in [0.25, 0.3) is 0 Å². The number of hydrogen-bond acceptors (Lipinski definition) is 5. The average molecular weight is 349 g/mol. The molecule has 1 heterocycles. The van der Waals surface area contributed by atoms with Crippen molar-refractivity contribution < 1.29 is 13.2 Å². The zero-order chi connectivity index (χ0) is 17.3. The lowest BCUT2D eigenvalue weighted by Crippen LogP contribution is -2.32. The van der Waals surface area contributed by atoms with Crippen LogP contribution in [0.5, 0.6) is 5.75 Å². The van der Waals surface area contributed by atoms with Gasteiger partial charge in [-0.05, 0) is 19.1 Å². The first-order valence-electron chi connectivity index (χ1n) is 7.88. The molecule has 0 saturated carbocycles. The number of nitrogens with zero attached hydrogens (tertiary/aromatic N) is 1. The van der Waals surface area contributed by atoms with Gasteiger partial charge in [-0.1, -0.05) is 24.3 Å². The van der Waals surface area contributed by atoms with Gasteiger partial charge in [0.1, 0.15) is 12.4 Å². The Bertz CT molecular complexity index is 721. The van der Waals surface area contributed by atoms with Crippen LogP contribution >= 0.6 is 0 Å². The lowest BCUT2D eigenvalue weighted by Gasteiger charge is -2.12. The van der Waals surface area contributed by atoms with Crippen molar-refractivity contribution in [3.8, 4) is 5.75 Å². The van der Waals surface area contributed by atoms with E-state index in [2.05, 4.69) is 15.0 Å². The van der Waals surface area contributed by atoms with Gasteiger partial charge in [-0.25, -0.2) is 13.1 Å². The molecule has 0 atom stereocenters. The third kappa shape index (κ3) is 6.27. The fraction of sp³-hybridized carbons (Fsp3) is 0.353. The molecule has 0 radical (unpaired) electrons. The van der Waals surface area contributed by atoms with Crippen LogP contribution in [0.2, 0.25) is 0 Å². The van der Waals surface area contributed by atoms with Crippen molar-refractivity contribution in [2.24, 2.45) is 0 Å². The maximum Gasteiger partial charge on any atom is 0.211 e. The van der Waals surface area contributed by atoms with Crippen LogP contribution in [-0.2, 0) is 23.2 Å². The van der Waals surface area contributed by atoms with Gasteiger partial charge in [-0.2, -0.15) is 0 Å². The highest BCUT2D eigenvalue weighted by molar-refractivity contribution is 7.89. The minimum Gasteiger partial charge on any atom is -0.489 e. The van der Waals surface area contributed by atoms with Crippen LogP contribution in [0.1, 0.15) is 18.1 Å². The zero-order valence-electron chi connectivity index (χ0n) is 13.7. The van der Waals surface area contributed by atoms with E-state index in [1.165, 1.54) is 0 Å². The van der Waals surface area contributed by atoms with Crippen LogP contribution in [0.15, 0.2) is 48.8 Å². The second-order valence-electron chi connectivity index (χ2n) is 5.23. The molecular weight excluding hydrogens is 326 g/mol. The van der Waals surface area contributed by atoms with Crippen molar-refractivity contribution in [3.05, 3.63) is 59.9 Å². The molecule has 0 aliphatic carbocycles. The molecule has 2 rings (SSSR count). The monoisotopic (exact) mass is 349 g/mol. The highest BCUT2D eigenvalue weighted by Gasteiger charge is 2.06. The number of aromatic nitrogens is 1. The van der Waals surface area contributed by atoms with E-state index in [9.17, 15) is 8.42 Å². The molecule has 6 nitrogen and oxygen atoms in total. The van der Waals surface area contributed by atoms with Gasteiger partial charge in [0.25, 0.3) is 0 Å². The molecule has 0 unspecified atom stereocenters. The second-order valence-corrected chi connectivity index (χ2v) is 7.33. The third-order valence-electron chi connectivity index (χ3n) is 3.41. The van der Waals surface area contributed by atoms with E-state index in [-0.39, 0.29) is 5.75 Å². The van der Waals surface area contributed by atoms with Crippen molar-refractivity contribution in [1.82, 2.24) is 15.0 Å². The number of benzene rings is 1. The largest absolute Gasteiger partial charge is 0.489 e. The van der Waals surface area contributed by atoms with Gasteiger partial charge < -0.3 is 10.1 Å². The van der Waals surface area contributed by atoms with Gasteiger partial charge >= 0.3 is 0 Å². The van der Waals surface area contributed by atoms with Crippen LogP contribution in [-0.4, -0.2) is 32.2 Å². The quantitative estimate of drug-likeness (QED) is 0.638. The van der Waals surface area contributed by atoms with Crippen LogP contribution in [0, 0.1) is 0 Å². The first-order valence-corrected chi connectivity index (χ1v) is 9.53. The molecule has 0 saturated heterocycles. The van der Waals surface area contributed by atoms with E-state index < -0.39 is 10.0 Å². The molecule has 0 amide bonds. The summed E-state index contributed by atoms with van der Waals surface area (Å²) < 4.78 is 31.1. The Morgan fingerprint density at radius 3 is 2.71 bits per heavy atom. The molecule has 2 N–H and O–H groups in total. The summed E-state index contributed by atoms with van der Waals surface area (Å²) in [5.41, 5.74) is 2.04. The van der Waals surface area contributed by atoms with Crippen LogP contribution in [0.3, 0.4) is 0 Å². The number of rotatable bonds is 10. The molecular formula is C17H23N3O3S. The van der Waals surface area contributed by atoms with E-state index in [1.54, 1.807) is 19.3 Å². The van der Waals surface area contributed by atoms with E-state index in [1.807, 2.05) is 36.4 Å². The minimum absolute atomic E-state index is 0.0953. The summed E-state index contributed by atoms with van der Waals surface area (Å²) >= 11 is 0. The Labute approximate surface area is 143 Å². The van der Waals surface area contributed by atoms with Gasteiger partial charge in [0.15, 0.2) is 0 Å². The molecule has 0 bridgehead atoms. The van der Waals surface area contributed by atoms with Crippen molar-refractivity contribution in [2.75, 3.05) is 18.8 Å². The Morgan fingerprint density at radius 2 is 1.96 bits per heavy atom. The molecule has 24 heavy (non-hydrogen) atoms. The summed E-state index contributed by atoms with van der Waals surface area (Å²) in [6.45, 7) is 3.61. The predicted molar refractivity (Wildman–Crippen MR) is 94.2 cm³/mol. The highest BCUT2D eigenvalue weighted by atomic mass is 32.2. The second kappa shape index (κ2) is 9.36. The Morgan fingerprint density at radius 1 is 1.12 bits per heavy atom. The van der Waals surface area contributed by atoms with E-state index in [0.717, 1.165) is 16.9 Å². The summed E-state index contributed by atoms with van der Waals surface area (Å²) in [4.78, 5) is 4.07. The SMILES string of the molecule is CCS(=O)(=O)NCCNCc1ccccc1OCc1cccnc1. The first-order chi connectivity index (χ1) is 11.6. The molecule has 0 aliphatic rings. The fourth-order valence-corrected chi connectivity index (χ4v) is 2.67. The van der Waals surface area contributed by atoms with Crippen molar-refractivity contribution in [3.63, 3.8) is 0 Å². The van der Waals surface area contributed by atoms with Gasteiger partial charge in [-0.3, -0.25) is 4.98 Å². The lowest BCUT2D eigenvalue weighted by atomic mass is 10.2. The number of para-hydroxylation sites is 1. The van der Waals surface area contributed by atoms with Gasteiger partial charge in [0, 0.05) is 43.2 Å². The molecule has 130 valence electrons. The lowest BCUT2D eigenvalue weighted by molar-refractivity contribution is 0.301. The normalized spacial score (nSPS) is 11.4. The van der Waals surface area contributed by atoms with Gasteiger partial charge in [0.05, 0.1) is 5.75 Å². The average Bonchev–Trinajstić information content (AvgIpc) is 2.61. The molecule has 0 aliphatic heterocycles. The fourth-order valence-electron chi connectivity index (χ4n) is 2.06. The Hall–Kier alpha value is -1.96. The van der Waals surface area contributed by atoms with E-state index in [4.69, 9.17) is 4.74 Å². The maximum absolute atomic E-state index is 11.3. The van der Waals surface area contributed by atoms with E-state index in [0.29, 0.717) is 26.2 Å². The van der Waals surface area contributed by atoms with Crippen molar-refractivity contribution in [2.45, 2.75) is 20.1 Å². The number of hydrogen-bond donors (Lipinski definition) is 2. The first kappa shape index (κ1) is 18.4. The number of nitrogens with one attached hydrogen (secondary N) is 2. The molecule has 0 spiro atoms. The molecule has 1 aromatic carbocycles. The maximum atomic E-state index is 11.3. The minimum atomic E-state index is -3.13. The number of sulfonamides is 1. The van der Waals surface area contributed by atoms with Crippen molar-refractivity contribution >= 4 is 10.0 Å². The van der Waals surface area contributed by atoms with Gasteiger partial charge in [-0.15, -0.1) is 0 Å². The molecule has 0 fully saturated rings. The Balaban J connectivity index is 1.81.